The molecule has 0 spiro atoms. The van der Waals surface area contributed by atoms with Crippen LogP contribution in [0.4, 0.5) is 22.0 Å². The molecule has 2 fully saturated rings. The lowest BCUT2D eigenvalue weighted by molar-refractivity contribution is -0.201. The predicted octanol–water partition coefficient (Wildman–Crippen LogP) is 6.59. The van der Waals surface area contributed by atoms with Gasteiger partial charge < -0.3 is 23.9 Å². The van der Waals surface area contributed by atoms with Crippen LogP contribution in [-0.4, -0.2) is 78.6 Å². The molecule has 49 heavy (non-hydrogen) atoms. The van der Waals surface area contributed by atoms with Crippen molar-refractivity contribution in [2.24, 2.45) is 5.92 Å². The SMILES string of the molecule is COC(=O)[C@H]1CC[C@H](Oc2nc3c(F)c(-c4ccc(-c5ccc(CN6CC(OCCOC(=O)C(F)(F)F)C6)cc5)cc4)c(F)cc3[nH]2)CC1. The molecule has 3 aromatic carbocycles. The highest BCUT2D eigenvalue weighted by Crippen LogP contribution is 2.34. The first-order chi connectivity index (χ1) is 23.5. The summed E-state index contributed by atoms with van der Waals surface area (Å²) in [5.74, 6) is -4.16. The van der Waals surface area contributed by atoms with Crippen LogP contribution in [0.3, 0.4) is 0 Å². The number of aromatic amines is 1. The van der Waals surface area contributed by atoms with Crippen molar-refractivity contribution in [1.29, 1.82) is 0 Å². The number of H-pyrrole nitrogens is 1. The molecule has 2 heterocycles. The van der Waals surface area contributed by atoms with Crippen LogP contribution >= 0.6 is 0 Å². The highest BCUT2D eigenvalue weighted by atomic mass is 19.4. The smallest absolute Gasteiger partial charge is 0.469 e. The number of carbonyl (C=O) groups excluding carboxylic acids is 2. The number of likely N-dealkylation sites (tertiary alicyclic amines) is 1. The first kappa shape index (κ1) is 34.3. The summed E-state index contributed by atoms with van der Waals surface area (Å²) in [4.78, 5) is 31.8. The molecule has 0 radical (unpaired) electrons. The Bertz CT molecular complexity index is 1780. The van der Waals surface area contributed by atoms with Crippen molar-refractivity contribution in [3.63, 3.8) is 0 Å². The van der Waals surface area contributed by atoms with E-state index in [1.807, 2.05) is 24.3 Å². The number of fused-ring (bicyclic) bond motifs is 1. The van der Waals surface area contributed by atoms with E-state index in [0.29, 0.717) is 50.9 Å². The number of esters is 2. The van der Waals surface area contributed by atoms with Gasteiger partial charge in [-0.05, 0) is 47.9 Å². The van der Waals surface area contributed by atoms with Crippen molar-refractivity contribution in [3.8, 4) is 28.3 Å². The van der Waals surface area contributed by atoms with Gasteiger partial charge >= 0.3 is 18.1 Å². The van der Waals surface area contributed by atoms with Gasteiger partial charge in [0.05, 0.1) is 36.8 Å². The average molecular weight is 688 g/mol. The van der Waals surface area contributed by atoms with Gasteiger partial charge in [0.1, 0.15) is 24.0 Å². The maximum Gasteiger partial charge on any atom is 0.490 e. The van der Waals surface area contributed by atoms with Gasteiger partial charge in [0, 0.05) is 25.7 Å². The van der Waals surface area contributed by atoms with Crippen LogP contribution in [0.5, 0.6) is 6.01 Å². The zero-order chi connectivity index (χ0) is 34.7. The maximum atomic E-state index is 15.7. The number of alkyl halides is 3. The van der Waals surface area contributed by atoms with Gasteiger partial charge in [0.25, 0.3) is 6.01 Å². The second-order valence-electron chi connectivity index (χ2n) is 12.2. The van der Waals surface area contributed by atoms with Gasteiger partial charge in [-0.15, -0.1) is 0 Å². The molecule has 1 aliphatic carbocycles. The fourth-order valence-electron chi connectivity index (χ4n) is 6.20. The zero-order valence-corrected chi connectivity index (χ0v) is 26.5. The van der Waals surface area contributed by atoms with E-state index in [1.165, 1.54) is 13.2 Å². The number of rotatable bonds is 11. The molecule has 1 aromatic heterocycles. The Morgan fingerprint density at radius 1 is 0.898 bits per heavy atom. The number of aromatic nitrogens is 2. The Balaban J connectivity index is 1.02. The first-order valence-corrected chi connectivity index (χ1v) is 15.9. The molecule has 1 aliphatic heterocycles. The number of benzene rings is 3. The molecule has 0 unspecified atom stereocenters. The molecule has 1 N–H and O–H groups in total. The maximum absolute atomic E-state index is 15.7. The molecule has 0 atom stereocenters. The molecule has 0 bridgehead atoms. The van der Waals surface area contributed by atoms with E-state index in [9.17, 15) is 22.8 Å². The van der Waals surface area contributed by atoms with E-state index in [4.69, 9.17) is 14.2 Å². The van der Waals surface area contributed by atoms with Crippen LogP contribution in [0.15, 0.2) is 54.6 Å². The number of hydrogen-bond acceptors (Lipinski definition) is 8. The third kappa shape index (κ3) is 8.02. The number of methoxy groups -OCH3 is 1. The molecule has 6 rings (SSSR count). The second kappa shape index (κ2) is 14.5. The number of carbonyl (C=O) groups is 2. The molecule has 1 saturated heterocycles. The van der Waals surface area contributed by atoms with Crippen molar-refractivity contribution in [2.45, 2.75) is 50.6 Å². The quantitative estimate of drug-likeness (QED) is 0.107. The van der Waals surface area contributed by atoms with Gasteiger partial charge in [0.2, 0.25) is 0 Å². The third-order valence-electron chi connectivity index (χ3n) is 8.83. The fraction of sp³-hybridized carbons (Fsp3) is 0.400. The average Bonchev–Trinajstić information content (AvgIpc) is 3.47. The van der Waals surface area contributed by atoms with E-state index in [2.05, 4.69) is 19.6 Å². The van der Waals surface area contributed by atoms with Crippen molar-refractivity contribution < 1.29 is 50.5 Å². The summed E-state index contributed by atoms with van der Waals surface area (Å²) in [5.41, 5.74) is 3.15. The first-order valence-electron chi connectivity index (χ1n) is 15.9. The van der Waals surface area contributed by atoms with Crippen molar-refractivity contribution in [1.82, 2.24) is 14.9 Å². The molecule has 4 aromatic rings. The van der Waals surface area contributed by atoms with E-state index < -0.39 is 30.4 Å². The van der Waals surface area contributed by atoms with Gasteiger partial charge in [-0.2, -0.15) is 18.2 Å². The fourth-order valence-corrected chi connectivity index (χ4v) is 6.20. The van der Waals surface area contributed by atoms with Gasteiger partial charge in [-0.1, -0.05) is 48.5 Å². The van der Waals surface area contributed by atoms with Crippen LogP contribution in [0.1, 0.15) is 31.2 Å². The van der Waals surface area contributed by atoms with Gasteiger partial charge in [-0.25, -0.2) is 13.6 Å². The summed E-state index contributed by atoms with van der Waals surface area (Å²) in [6.45, 7) is 1.28. The monoisotopic (exact) mass is 687 g/mol. The highest BCUT2D eigenvalue weighted by molar-refractivity contribution is 5.84. The lowest BCUT2D eigenvalue weighted by atomic mass is 9.87. The second-order valence-corrected chi connectivity index (χ2v) is 12.2. The largest absolute Gasteiger partial charge is 0.490 e. The van der Waals surface area contributed by atoms with E-state index >= 15 is 8.78 Å². The van der Waals surface area contributed by atoms with E-state index in [-0.39, 0.29) is 53.3 Å². The van der Waals surface area contributed by atoms with Crippen LogP contribution in [0, 0.1) is 17.6 Å². The lowest BCUT2D eigenvalue weighted by Gasteiger charge is -2.38. The number of nitrogens with zero attached hydrogens (tertiary/aromatic N) is 2. The van der Waals surface area contributed by atoms with Crippen LogP contribution < -0.4 is 4.74 Å². The van der Waals surface area contributed by atoms with Crippen molar-refractivity contribution >= 4 is 23.0 Å². The molecular formula is C35H34F5N3O6. The lowest BCUT2D eigenvalue weighted by Crippen LogP contribution is -2.51. The van der Waals surface area contributed by atoms with Crippen LogP contribution in [-0.2, 0) is 30.3 Å². The van der Waals surface area contributed by atoms with Gasteiger partial charge in [0.15, 0.2) is 5.82 Å². The van der Waals surface area contributed by atoms with E-state index in [0.717, 1.165) is 16.7 Å². The van der Waals surface area contributed by atoms with Crippen molar-refractivity contribution in [3.05, 3.63) is 71.8 Å². The standard InChI is InChI=1S/C35H34F5N3O6/c1-46-32(44)24-10-12-25(13-11-24)49-34-41-28-16-27(36)29(30(37)31(28)42-34)23-8-6-22(7-9-23)21-4-2-20(3-5-21)17-43-18-26(19-43)47-14-15-48-33(45)35(38,39)40/h2-9,16,24-26H,10-15,17-19H2,1H3,(H,41,42)/t24-,25-. The number of halogens is 5. The molecular weight excluding hydrogens is 653 g/mol. The van der Waals surface area contributed by atoms with Crippen molar-refractivity contribution in [2.75, 3.05) is 33.4 Å². The summed E-state index contributed by atoms with van der Waals surface area (Å²) in [5, 5.41) is 0. The summed E-state index contributed by atoms with van der Waals surface area (Å²) >= 11 is 0. The number of imidazole rings is 1. The third-order valence-corrected chi connectivity index (χ3v) is 8.83. The number of ether oxygens (including phenoxy) is 4. The molecule has 14 heteroatoms. The molecule has 1 saturated carbocycles. The Morgan fingerprint density at radius 2 is 1.53 bits per heavy atom. The molecule has 260 valence electrons. The summed E-state index contributed by atoms with van der Waals surface area (Å²) in [6.07, 6.45) is -2.90. The molecule has 2 aliphatic rings. The van der Waals surface area contributed by atoms with Gasteiger partial charge in [-0.3, -0.25) is 9.69 Å². The topological polar surface area (TPSA) is 103 Å². The molecule has 9 nitrogen and oxygen atoms in total. The summed E-state index contributed by atoms with van der Waals surface area (Å²) in [7, 11) is 1.37. The molecule has 0 amide bonds. The minimum Gasteiger partial charge on any atom is -0.469 e. The number of hydrogen-bond donors (Lipinski definition) is 1. The Labute approximate surface area is 278 Å². The normalized spacial score (nSPS) is 18.7. The summed E-state index contributed by atoms with van der Waals surface area (Å²) < 4.78 is 87.7. The highest BCUT2D eigenvalue weighted by Gasteiger charge is 2.41. The minimum absolute atomic E-state index is 0.0270. The zero-order valence-electron chi connectivity index (χ0n) is 26.5. The summed E-state index contributed by atoms with van der Waals surface area (Å²) in [6, 6.07) is 16.1. The Morgan fingerprint density at radius 3 is 2.16 bits per heavy atom. The number of nitrogens with one attached hydrogen (secondary N) is 1. The minimum atomic E-state index is -5.01. The Kier molecular flexibility index (Phi) is 10.2. The van der Waals surface area contributed by atoms with Crippen LogP contribution in [0.2, 0.25) is 0 Å². The Hall–Kier alpha value is -4.56. The van der Waals surface area contributed by atoms with E-state index in [1.54, 1.807) is 24.3 Å². The van der Waals surface area contributed by atoms with Crippen LogP contribution in [0.25, 0.3) is 33.3 Å². The predicted molar refractivity (Wildman–Crippen MR) is 167 cm³/mol.